The number of hydrogen-bond acceptors (Lipinski definition) is 6. The molecule has 1 heterocycles. The molecule has 2 aromatic rings. The number of aromatic nitrogens is 2. The van der Waals surface area contributed by atoms with Gasteiger partial charge in [-0.25, -0.2) is 9.97 Å². The van der Waals surface area contributed by atoms with E-state index < -0.39 is 0 Å². The average molecular weight is 330 g/mol. The van der Waals surface area contributed by atoms with E-state index in [1.54, 1.807) is 20.3 Å². The van der Waals surface area contributed by atoms with Crippen molar-refractivity contribution in [1.29, 1.82) is 0 Å². The van der Waals surface area contributed by atoms with Crippen molar-refractivity contribution in [2.24, 2.45) is 0 Å². The van der Waals surface area contributed by atoms with Gasteiger partial charge in [0.2, 0.25) is 0 Å². The van der Waals surface area contributed by atoms with E-state index in [1.165, 1.54) is 6.33 Å². The summed E-state index contributed by atoms with van der Waals surface area (Å²) in [5.41, 5.74) is 1.37. The summed E-state index contributed by atoms with van der Waals surface area (Å²) < 4.78 is 10.3. The maximum Gasteiger partial charge on any atom is 0.270 e. The van der Waals surface area contributed by atoms with Gasteiger partial charge in [0.1, 0.15) is 23.6 Å². The van der Waals surface area contributed by atoms with E-state index in [2.05, 4.69) is 20.6 Å². The molecular weight excluding hydrogens is 308 g/mol. The number of carbonyl (C=O) groups is 1. The number of anilines is 1. The van der Waals surface area contributed by atoms with Crippen molar-refractivity contribution in [3.8, 4) is 5.75 Å². The molecule has 1 amide bonds. The van der Waals surface area contributed by atoms with Crippen molar-refractivity contribution in [2.45, 2.75) is 6.42 Å². The molecule has 0 fully saturated rings. The topological polar surface area (TPSA) is 85.4 Å². The molecule has 0 aliphatic carbocycles. The second kappa shape index (κ2) is 9.46. The minimum Gasteiger partial charge on any atom is -0.496 e. The predicted molar refractivity (Wildman–Crippen MR) is 91.4 cm³/mol. The van der Waals surface area contributed by atoms with Gasteiger partial charge in [-0.15, -0.1) is 0 Å². The fourth-order valence-corrected chi connectivity index (χ4v) is 2.17. The Balaban J connectivity index is 1.87. The first-order chi connectivity index (χ1) is 11.7. The Morgan fingerprint density at radius 3 is 2.79 bits per heavy atom. The van der Waals surface area contributed by atoms with Gasteiger partial charge in [0.15, 0.2) is 0 Å². The minimum absolute atomic E-state index is 0.234. The zero-order valence-corrected chi connectivity index (χ0v) is 13.9. The van der Waals surface area contributed by atoms with Gasteiger partial charge in [0.05, 0.1) is 13.7 Å². The number of nitrogens with zero attached hydrogens (tertiary/aromatic N) is 2. The highest BCUT2D eigenvalue weighted by molar-refractivity contribution is 5.92. The summed E-state index contributed by atoms with van der Waals surface area (Å²) in [6.07, 6.45) is 2.05. The van der Waals surface area contributed by atoms with Gasteiger partial charge in [-0.05, 0) is 18.1 Å². The zero-order chi connectivity index (χ0) is 17.2. The number of hydrogen-bond donors (Lipinski definition) is 2. The van der Waals surface area contributed by atoms with Crippen LogP contribution in [0, 0.1) is 0 Å². The molecule has 7 heteroatoms. The minimum atomic E-state index is -0.234. The lowest BCUT2D eigenvalue weighted by molar-refractivity contribution is 0.0949. The fraction of sp³-hybridized carbons (Fsp3) is 0.353. The van der Waals surface area contributed by atoms with Crippen molar-refractivity contribution in [2.75, 3.05) is 39.2 Å². The molecule has 1 aromatic carbocycles. The smallest absolute Gasteiger partial charge is 0.270 e. The van der Waals surface area contributed by atoms with E-state index in [-0.39, 0.29) is 5.91 Å². The average Bonchev–Trinajstić information content (AvgIpc) is 2.62. The number of ether oxygens (including phenoxy) is 2. The lowest BCUT2D eigenvalue weighted by Gasteiger charge is -2.09. The molecule has 128 valence electrons. The van der Waals surface area contributed by atoms with E-state index in [0.29, 0.717) is 37.6 Å². The van der Waals surface area contributed by atoms with Gasteiger partial charge < -0.3 is 20.1 Å². The highest BCUT2D eigenvalue weighted by Gasteiger charge is 2.09. The molecule has 0 spiro atoms. The molecule has 0 aliphatic heterocycles. The standard InChI is InChI=1S/C17H22N4O3/c1-23-10-9-18-16-11-14(20-12-21-16)17(22)19-8-7-13-5-3-4-6-15(13)24-2/h3-6,11-12H,7-10H2,1-2H3,(H,19,22)(H,18,20,21). The molecule has 0 bridgehead atoms. The van der Waals surface area contributed by atoms with Crippen LogP contribution in [0.2, 0.25) is 0 Å². The van der Waals surface area contributed by atoms with Crippen LogP contribution >= 0.6 is 0 Å². The van der Waals surface area contributed by atoms with Crippen LogP contribution < -0.4 is 15.4 Å². The monoisotopic (exact) mass is 330 g/mol. The molecule has 0 radical (unpaired) electrons. The van der Waals surface area contributed by atoms with E-state index in [0.717, 1.165) is 11.3 Å². The van der Waals surface area contributed by atoms with Crippen molar-refractivity contribution < 1.29 is 14.3 Å². The van der Waals surface area contributed by atoms with Gasteiger partial charge in [0, 0.05) is 26.3 Å². The van der Waals surface area contributed by atoms with E-state index in [9.17, 15) is 4.79 Å². The van der Waals surface area contributed by atoms with Crippen LogP contribution in [0.4, 0.5) is 5.82 Å². The van der Waals surface area contributed by atoms with Crippen LogP contribution in [0.1, 0.15) is 16.1 Å². The van der Waals surface area contributed by atoms with Crippen LogP contribution in [-0.2, 0) is 11.2 Å². The molecule has 0 saturated carbocycles. The summed E-state index contributed by atoms with van der Waals surface area (Å²) in [5, 5.41) is 5.92. The van der Waals surface area contributed by atoms with E-state index in [1.807, 2.05) is 24.3 Å². The Morgan fingerprint density at radius 1 is 1.17 bits per heavy atom. The summed E-state index contributed by atoms with van der Waals surface area (Å²) in [5.74, 6) is 1.18. The first-order valence-corrected chi connectivity index (χ1v) is 7.69. The number of amides is 1. The molecular formula is C17H22N4O3. The van der Waals surface area contributed by atoms with Gasteiger partial charge in [-0.1, -0.05) is 18.2 Å². The maximum atomic E-state index is 12.2. The molecule has 2 N–H and O–H groups in total. The molecule has 0 aliphatic rings. The number of methoxy groups -OCH3 is 2. The molecule has 0 atom stereocenters. The highest BCUT2D eigenvalue weighted by atomic mass is 16.5. The Morgan fingerprint density at radius 2 is 2.00 bits per heavy atom. The lowest BCUT2D eigenvalue weighted by atomic mass is 10.1. The first-order valence-electron chi connectivity index (χ1n) is 7.69. The number of nitrogens with one attached hydrogen (secondary N) is 2. The van der Waals surface area contributed by atoms with E-state index in [4.69, 9.17) is 9.47 Å². The first kappa shape index (κ1) is 17.7. The lowest BCUT2D eigenvalue weighted by Crippen LogP contribution is -2.27. The van der Waals surface area contributed by atoms with Gasteiger partial charge in [-0.3, -0.25) is 4.79 Å². The van der Waals surface area contributed by atoms with Crippen molar-refractivity contribution in [1.82, 2.24) is 15.3 Å². The number of para-hydroxylation sites is 1. The Labute approximate surface area is 141 Å². The van der Waals surface area contributed by atoms with Gasteiger partial charge in [0.25, 0.3) is 5.91 Å². The maximum absolute atomic E-state index is 12.2. The summed E-state index contributed by atoms with van der Waals surface area (Å²) in [7, 11) is 3.26. The van der Waals surface area contributed by atoms with Crippen LogP contribution in [0.25, 0.3) is 0 Å². The van der Waals surface area contributed by atoms with Crippen LogP contribution in [0.15, 0.2) is 36.7 Å². The van der Waals surface area contributed by atoms with Crippen LogP contribution in [0.5, 0.6) is 5.75 Å². The summed E-state index contributed by atoms with van der Waals surface area (Å²) in [6, 6.07) is 9.36. The van der Waals surface area contributed by atoms with Crippen LogP contribution in [-0.4, -0.2) is 49.8 Å². The SMILES string of the molecule is COCCNc1cc(C(=O)NCCc2ccccc2OC)ncn1. The van der Waals surface area contributed by atoms with Crippen LogP contribution in [0.3, 0.4) is 0 Å². The largest absolute Gasteiger partial charge is 0.496 e. The summed E-state index contributed by atoms with van der Waals surface area (Å²) in [4.78, 5) is 20.3. The van der Waals surface area contributed by atoms with Crippen molar-refractivity contribution in [3.63, 3.8) is 0 Å². The highest BCUT2D eigenvalue weighted by Crippen LogP contribution is 2.17. The summed E-state index contributed by atoms with van der Waals surface area (Å²) in [6.45, 7) is 1.67. The molecule has 1 aromatic heterocycles. The van der Waals surface area contributed by atoms with E-state index >= 15 is 0 Å². The number of rotatable bonds is 9. The molecule has 0 unspecified atom stereocenters. The molecule has 2 rings (SSSR count). The Hall–Kier alpha value is -2.67. The van der Waals surface area contributed by atoms with Gasteiger partial charge in [-0.2, -0.15) is 0 Å². The molecule has 24 heavy (non-hydrogen) atoms. The van der Waals surface area contributed by atoms with Crippen molar-refractivity contribution in [3.05, 3.63) is 47.9 Å². The van der Waals surface area contributed by atoms with Gasteiger partial charge >= 0.3 is 0 Å². The van der Waals surface area contributed by atoms with Crippen molar-refractivity contribution >= 4 is 11.7 Å². The Kier molecular flexibility index (Phi) is 6.97. The zero-order valence-electron chi connectivity index (χ0n) is 13.9. The third kappa shape index (κ3) is 5.20. The third-order valence-electron chi connectivity index (χ3n) is 3.38. The third-order valence-corrected chi connectivity index (χ3v) is 3.38. The second-order valence-corrected chi connectivity index (χ2v) is 5.03. The molecule has 7 nitrogen and oxygen atoms in total. The fourth-order valence-electron chi connectivity index (χ4n) is 2.17. The Bertz CT molecular complexity index is 664. The number of benzene rings is 1. The molecule has 0 saturated heterocycles. The number of carbonyl (C=O) groups excluding carboxylic acids is 1. The normalized spacial score (nSPS) is 10.2. The second-order valence-electron chi connectivity index (χ2n) is 5.03. The quantitative estimate of drug-likeness (QED) is 0.678. The summed E-state index contributed by atoms with van der Waals surface area (Å²) >= 11 is 0. The predicted octanol–water partition coefficient (Wildman–Crippen LogP) is 1.52.